The fourth-order valence-electron chi connectivity index (χ4n) is 0.348. The second-order valence-corrected chi connectivity index (χ2v) is 1.64. The van der Waals surface area contributed by atoms with Crippen LogP contribution in [0.1, 0.15) is 12.8 Å². The zero-order chi connectivity index (χ0) is 7.28. The molecule has 0 aromatic rings. The first-order chi connectivity index (χ1) is 4.16. The van der Waals surface area contributed by atoms with Crippen molar-refractivity contribution in [2.75, 3.05) is 6.54 Å². The van der Waals surface area contributed by atoms with E-state index in [4.69, 9.17) is 10.8 Å². The number of carboxylic acids is 1. The highest BCUT2D eigenvalue weighted by molar-refractivity contribution is 5.83. The van der Waals surface area contributed by atoms with Crippen LogP contribution in [-0.4, -0.2) is 23.4 Å². The molecule has 0 unspecified atom stereocenters. The average molecular weight is 132 g/mol. The van der Waals surface area contributed by atoms with Gasteiger partial charge >= 0.3 is 5.97 Å². The molecule has 9 heavy (non-hydrogen) atoms. The lowest BCUT2D eigenvalue weighted by molar-refractivity contribution is -0.138. The molecule has 0 radical (unpaired) electrons. The van der Waals surface area contributed by atoms with Crippen LogP contribution in [0.5, 0.6) is 0 Å². The predicted octanol–water partition coefficient (Wildman–Crippen LogP) is -0.621. The van der Waals surface area contributed by atoms with E-state index >= 15 is 0 Å². The van der Waals surface area contributed by atoms with Crippen molar-refractivity contribution in [1.82, 2.24) is 0 Å². The second-order valence-electron chi connectivity index (χ2n) is 1.64. The van der Waals surface area contributed by atoms with E-state index in [-0.39, 0.29) is 25.2 Å². The molecule has 52 valence electrons. The summed E-state index contributed by atoms with van der Waals surface area (Å²) in [7, 11) is 0. The summed E-state index contributed by atoms with van der Waals surface area (Å²) in [5.74, 6) is -1.17. The molecule has 0 aromatic heterocycles. The molecule has 0 atom stereocenters. The average Bonchev–Trinajstić information content (AvgIpc) is 1.83. The first-order valence-electron chi connectivity index (χ1n) is 2.60. The molecule has 0 aliphatic heterocycles. The highest BCUT2D eigenvalue weighted by Gasteiger charge is 2.01. The highest BCUT2D eigenvalue weighted by atomic mass is 16.5. The molecule has 0 fully saturated rings. The summed E-state index contributed by atoms with van der Waals surface area (Å²) in [6.45, 7) is -0.0622. The van der Waals surface area contributed by atoms with Gasteiger partial charge in [-0.25, -0.2) is 0 Å². The number of hydrogen-bond acceptors (Lipinski definition) is 3. The Hall–Kier alpha value is -0.900. The number of carbonyl (C=O) groups excluding carboxylic acids is 1. The molecule has 0 spiro atoms. The van der Waals surface area contributed by atoms with E-state index in [2.05, 4.69) is 0 Å². The normalized spacial score (nSPS) is 9.00. The van der Waals surface area contributed by atoms with Crippen molar-refractivity contribution in [2.45, 2.75) is 12.8 Å². The Morgan fingerprint density at radius 2 is 1.89 bits per heavy atom. The van der Waals surface area contributed by atoms with Crippen LogP contribution in [0.15, 0.2) is 0 Å². The van der Waals surface area contributed by atoms with Crippen LogP contribution >= 0.6 is 0 Å². The van der Waals surface area contributed by atoms with Gasteiger partial charge in [-0.3, -0.25) is 9.59 Å². The van der Waals surface area contributed by atoms with Crippen LogP contribution in [0.25, 0.3) is 0 Å². The lowest BCUT2D eigenvalue weighted by Gasteiger charge is -1.90. The van der Waals surface area contributed by atoms with Gasteiger partial charge < -0.3 is 10.8 Å². The van der Waals surface area contributed by atoms with Crippen molar-refractivity contribution >= 4 is 11.8 Å². The molecule has 0 aliphatic carbocycles. The number of aliphatic carboxylic acids is 1. The van der Waals surface area contributed by atoms with E-state index in [1.807, 2.05) is 0 Å². The Morgan fingerprint density at radius 1 is 1.33 bits per heavy atom. The maximum atomic E-state index is 10.3. The van der Waals surface area contributed by atoms with Crippen molar-refractivity contribution in [3.05, 3.63) is 0 Å². The maximum absolute atomic E-state index is 10.3. The summed E-state index contributed by atoms with van der Waals surface area (Å²) in [4.78, 5) is 20.2. The van der Waals surface area contributed by atoms with Gasteiger partial charge in [-0.15, -0.1) is 0 Å². The van der Waals surface area contributed by atoms with E-state index < -0.39 is 5.97 Å². The Balaban J connectivity index is 3.28. The standard InChI is InChI=1S/C5H9NO3/c6-3-4(7)1-2-5(8)9/h1-3,6H2,(H,8,9)/i5+1. The van der Waals surface area contributed by atoms with Crippen molar-refractivity contribution in [3.8, 4) is 0 Å². The summed E-state index contributed by atoms with van der Waals surface area (Å²) >= 11 is 0. The summed E-state index contributed by atoms with van der Waals surface area (Å²) in [6.07, 6.45) is -0.0676. The molecular formula is C5H9NO3. The third-order valence-corrected chi connectivity index (χ3v) is 0.845. The van der Waals surface area contributed by atoms with Gasteiger partial charge in [0.25, 0.3) is 0 Å². The van der Waals surface area contributed by atoms with Gasteiger partial charge in [0.2, 0.25) is 0 Å². The molecule has 0 amide bonds. The third kappa shape index (κ3) is 4.96. The molecule has 4 nitrogen and oxygen atoms in total. The topological polar surface area (TPSA) is 80.4 Å². The fraction of sp³-hybridized carbons (Fsp3) is 0.600. The second kappa shape index (κ2) is 4.03. The van der Waals surface area contributed by atoms with Crippen molar-refractivity contribution in [1.29, 1.82) is 0 Å². The minimum Gasteiger partial charge on any atom is -0.481 e. The zero-order valence-electron chi connectivity index (χ0n) is 4.96. The molecule has 0 saturated heterocycles. The molecule has 0 bridgehead atoms. The lowest BCUT2D eigenvalue weighted by Crippen LogP contribution is -2.14. The van der Waals surface area contributed by atoms with Crippen molar-refractivity contribution < 1.29 is 14.7 Å². The van der Waals surface area contributed by atoms with Crippen LogP contribution in [0.2, 0.25) is 0 Å². The van der Waals surface area contributed by atoms with Crippen LogP contribution in [-0.2, 0) is 9.59 Å². The van der Waals surface area contributed by atoms with Crippen LogP contribution in [0, 0.1) is 0 Å². The van der Waals surface area contributed by atoms with E-state index in [0.717, 1.165) is 0 Å². The largest absolute Gasteiger partial charge is 0.481 e. The van der Waals surface area contributed by atoms with Crippen LogP contribution in [0.4, 0.5) is 0 Å². The van der Waals surface area contributed by atoms with Gasteiger partial charge in [0, 0.05) is 6.42 Å². The minimum atomic E-state index is -0.961. The smallest absolute Gasteiger partial charge is 0.303 e. The summed E-state index contributed by atoms with van der Waals surface area (Å²) in [5.41, 5.74) is 4.92. The number of carbonyl (C=O) groups is 2. The lowest BCUT2D eigenvalue weighted by atomic mass is 10.3. The van der Waals surface area contributed by atoms with E-state index in [1.54, 1.807) is 0 Å². The number of carboxylic acid groups (broad SMARTS) is 1. The summed E-state index contributed by atoms with van der Waals surface area (Å²) < 4.78 is 0. The summed E-state index contributed by atoms with van der Waals surface area (Å²) in [5, 5.41) is 8.06. The number of rotatable bonds is 4. The molecule has 0 rings (SSSR count). The van der Waals surface area contributed by atoms with Crippen LogP contribution in [0.3, 0.4) is 0 Å². The zero-order valence-corrected chi connectivity index (χ0v) is 4.96. The SMILES string of the molecule is NCC(=O)CC[13C](=O)O. The fourth-order valence-corrected chi connectivity index (χ4v) is 0.348. The molecular weight excluding hydrogens is 123 g/mol. The van der Waals surface area contributed by atoms with Gasteiger partial charge in [-0.05, 0) is 0 Å². The Kier molecular flexibility index (Phi) is 3.62. The monoisotopic (exact) mass is 132 g/mol. The quantitative estimate of drug-likeness (QED) is 0.499. The highest BCUT2D eigenvalue weighted by Crippen LogP contribution is 1.87. The molecule has 0 saturated carbocycles. The molecule has 0 aromatic carbocycles. The Bertz CT molecular complexity index is 121. The molecule has 0 aliphatic rings. The van der Waals surface area contributed by atoms with E-state index in [0.29, 0.717) is 0 Å². The number of nitrogens with two attached hydrogens (primary N) is 1. The van der Waals surface area contributed by atoms with Gasteiger partial charge in [0.15, 0.2) is 0 Å². The molecule has 3 N–H and O–H groups in total. The molecule has 4 heteroatoms. The first-order valence-corrected chi connectivity index (χ1v) is 2.60. The maximum Gasteiger partial charge on any atom is 0.303 e. The Morgan fingerprint density at radius 3 is 2.22 bits per heavy atom. The number of ketones is 1. The van der Waals surface area contributed by atoms with Gasteiger partial charge in [-0.1, -0.05) is 0 Å². The molecule has 0 heterocycles. The number of hydrogen-bond donors (Lipinski definition) is 2. The summed E-state index contributed by atoms with van der Waals surface area (Å²) in [6, 6.07) is 0. The van der Waals surface area contributed by atoms with Gasteiger partial charge in [0.1, 0.15) is 5.78 Å². The predicted molar refractivity (Wildman–Crippen MR) is 30.9 cm³/mol. The van der Waals surface area contributed by atoms with Gasteiger partial charge in [-0.2, -0.15) is 0 Å². The van der Waals surface area contributed by atoms with E-state index in [1.165, 1.54) is 0 Å². The number of Topliss-reactive ketones (excluding diaryl/α,β-unsaturated/α-hetero) is 1. The van der Waals surface area contributed by atoms with E-state index in [9.17, 15) is 9.59 Å². The van der Waals surface area contributed by atoms with Crippen LogP contribution < -0.4 is 5.73 Å². The minimum absolute atomic E-state index is 0.0475. The van der Waals surface area contributed by atoms with Crippen molar-refractivity contribution in [3.63, 3.8) is 0 Å². The van der Waals surface area contributed by atoms with Crippen molar-refractivity contribution in [2.24, 2.45) is 5.73 Å². The Labute approximate surface area is 52.7 Å². The third-order valence-electron chi connectivity index (χ3n) is 0.845. The van der Waals surface area contributed by atoms with Gasteiger partial charge in [0.05, 0.1) is 13.0 Å². The first kappa shape index (κ1) is 8.10.